The lowest BCUT2D eigenvalue weighted by molar-refractivity contribution is -0.141. The Balaban J connectivity index is 1.34. The van der Waals surface area contributed by atoms with Gasteiger partial charge in [-0.1, -0.05) is 42.8 Å². The molecule has 3 amide bonds. The zero-order chi connectivity index (χ0) is 25.3. The summed E-state index contributed by atoms with van der Waals surface area (Å²) in [5, 5.41) is 0.527. The number of amides is 3. The fourth-order valence-electron chi connectivity index (χ4n) is 5.73. The van der Waals surface area contributed by atoms with Gasteiger partial charge in [-0.2, -0.15) is 0 Å². The first-order valence-corrected chi connectivity index (χ1v) is 13.2. The lowest BCUT2D eigenvalue weighted by Crippen LogP contribution is -2.57. The van der Waals surface area contributed by atoms with E-state index in [9.17, 15) is 14.4 Å². The van der Waals surface area contributed by atoms with Crippen molar-refractivity contribution in [3.63, 3.8) is 0 Å². The Morgan fingerprint density at radius 1 is 0.944 bits per heavy atom. The number of carbonyl (C=O) groups excluding carboxylic acids is 3. The van der Waals surface area contributed by atoms with E-state index in [2.05, 4.69) is 11.8 Å². The summed E-state index contributed by atoms with van der Waals surface area (Å²) in [4.78, 5) is 47.7. The highest BCUT2D eigenvalue weighted by Gasteiger charge is 2.54. The number of hydrogen-bond donors (Lipinski definition) is 0. The summed E-state index contributed by atoms with van der Waals surface area (Å²) in [6, 6.07) is 16.9. The van der Waals surface area contributed by atoms with Gasteiger partial charge in [-0.05, 0) is 61.9 Å². The van der Waals surface area contributed by atoms with Crippen LogP contribution < -0.4 is 4.90 Å². The van der Waals surface area contributed by atoms with E-state index in [4.69, 9.17) is 11.6 Å². The van der Waals surface area contributed by atoms with Crippen molar-refractivity contribution in [3.8, 4) is 0 Å². The molecule has 2 aromatic carbocycles. The predicted molar refractivity (Wildman–Crippen MR) is 140 cm³/mol. The molecule has 0 saturated carbocycles. The number of likely N-dealkylation sites (tertiary alicyclic amines) is 2. The molecule has 0 aromatic heterocycles. The van der Waals surface area contributed by atoms with E-state index in [0.29, 0.717) is 49.1 Å². The second kappa shape index (κ2) is 10.1. The van der Waals surface area contributed by atoms with Gasteiger partial charge in [-0.3, -0.25) is 14.4 Å². The molecule has 3 aliphatic rings. The number of nitrogens with zero attached hydrogens (tertiary/aromatic N) is 4. The van der Waals surface area contributed by atoms with Gasteiger partial charge in [0.25, 0.3) is 11.8 Å². The molecular weight excluding hydrogens is 476 g/mol. The molecule has 3 fully saturated rings. The third-order valence-corrected chi connectivity index (χ3v) is 8.23. The van der Waals surface area contributed by atoms with Gasteiger partial charge < -0.3 is 19.6 Å². The molecule has 0 radical (unpaired) electrons. The number of piperidine rings is 2. The number of para-hydroxylation sites is 1. The van der Waals surface area contributed by atoms with Crippen LogP contribution in [-0.4, -0.2) is 77.4 Å². The van der Waals surface area contributed by atoms with E-state index >= 15 is 0 Å². The van der Waals surface area contributed by atoms with Crippen molar-refractivity contribution < 1.29 is 14.4 Å². The first-order valence-electron chi connectivity index (χ1n) is 12.8. The Kier molecular flexibility index (Phi) is 6.93. The maximum atomic E-state index is 13.9. The molecule has 0 N–H and O–H groups in total. The Morgan fingerprint density at radius 2 is 1.64 bits per heavy atom. The summed E-state index contributed by atoms with van der Waals surface area (Å²) in [7, 11) is 0. The van der Waals surface area contributed by atoms with Crippen LogP contribution in [-0.2, 0) is 9.59 Å². The summed E-state index contributed by atoms with van der Waals surface area (Å²) >= 11 is 6.09. The van der Waals surface area contributed by atoms with Crippen LogP contribution >= 0.6 is 11.6 Å². The Bertz CT molecular complexity index is 1120. The summed E-state index contributed by atoms with van der Waals surface area (Å²) in [5.74, 6) is 0.573. The van der Waals surface area contributed by atoms with Gasteiger partial charge in [0, 0.05) is 42.5 Å². The summed E-state index contributed by atoms with van der Waals surface area (Å²) in [5.41, 5.74) is 0.754. The quantitative estimate of drug-likeness (QED) is 0.628. The fraction of sp³-hybridized carbons (Fsp3) is 0.464. The monoisotopic (exact) mass is 508 g/mol. The van der Waals surface area contributed by atoms with Crippen LogP contribution in [0.1, 0.15) is 43.0 Å². The van der Waals surface area contributed by atoms with E-state index in [1.165, 1.54) is 0 Å². The zero-order valence-electron chi connectivity index (χ0n) is 20.7. The lowest BCUT2D eigenvalue weighted by atomic mass is 9.85. The largest absolute Gasteiger partial charge is 0.341 e. The lowest BCUT2D eigenvalue weighted by Gasteiger charge is -2.43. The normalized spacial score (nSPS) is 20.3. The number of anilines is 1. The maximum absolute atomic E-state index is 13.9. The van der Waals surface area contributed by atoms with E-state index in [0.717, 1.165) is 31.6 Å². The van der Waals surface area contributed by atoms with Crippen molar-refractivity contribution in [3.05, 3.63) is 65.2 Å². The number of carbonyl (C=O) groups is 3. The molecule has 3 aliphatic heterocycles. The van der Waals surface area contributed by atoms with Gasteiger partial charge in [0.15, 0.2) is 0 Å². The smallest absolute Gasteiger partial charge is 0.253 e. The van der Waals surface area contributed by atoms with Gasteiger partial charge in [0.05, 0.1) is 6.67 Å². The van der Waals surface area contributed by atoms with Crippen molar-refractivity contribution in [1.82, 2.24) is 14.7 Å². The van der Waals surface area contributed by atoms with Crippen molar-refractivity contribution in [1.29, 1.82) is 0 Å². The molecule has 0 atom stereocenters. The number of rotatable bonds is 4. The van der Waals surface area contributed by atoms with Gasteiger partial charge >= 0.3 is 0 Å². The van der Waals surface area contributed by atoms with Gasteiger partial charge in [-0.15, -0.1) is 0 Å². The molecule has 36 heavy (non-hydrogen) atoms. The molecule has 0 bridgehead atoms. The highest BCUT2D eigenvalue weighted by Crippen LogP contribution is 2.39. The predicted octanol–water partition coefficient (Wildman–Crippen LogP) is 3.88. The minimum atomic E-state index is -0.761. The van der Waals surface area contributed by atoms with E-state index in [1.807, 2.05) is 35.2 Å². The SMILES string of the molecule is CC1CCN(C(=O)CN2CN(c3ccccc3)C3(CCN(C(=O)c4cccc(Cl)c4)CC3)C2=O)CC1. The van der Waals surface area contributed by atoms with Crippen LogP contribution in [0, 0.1) is 5.92 Å². The van der Waals surface area contributed by atoms with E-state index in [-0.39, 0.29) is 24.3 Å². The van der Waals surface area contributed by atoms with Gasteiger partial charge in [0.1, 0.15) is 12.1 Å². The minimum Gasteiger partial charge on any atom is -0.341 e. The van der Waals surface area contributed by atoms with Gasteiger partial charge in [-0.25, -0.2) is 0 Å². The standard InChI is InChI=1S/C28H33ClN4O3/c1-21-10-14-30(15-11-21)25(34)19-32-20-33(24-8-3-2-4-9-24)28(27(32)36)12-16-31(17-13-28)26(35)22-6-5-7-23(29)18-22/h2-9,18,21H,10-17,19-20H2,1H3. The van der Waals surface area contributed by atoms with Crippen molar-refractivity contribution >= 4 is 35.0 Å². The van der Waals surface area contributed by atoms with Crippen molar-refractivity contribution in [2.45, 2.75) is 38.1 Å². The average Bonchev–Trinajstić information content (AvgIpc) is 3.15. The van der Waals surface area contributed by atoms with E-state index < -0.39 is 5.54 Å². The van der Waals surface area contributed by atoms with Crippen LogP contribution in [0.2, 0.25) is 5.02 Å². The van der Waals surface area contributed by atoms with Crippen LogP contribution in [0.5, 0.6) is 0 Å². The Hall–Kier alpha value is -3.06. The zero-order valence-corrected chi connectivity index (χ0v) is 21.5. The molecule has 8 heteroatoms. The molecule has 7 nitrogen and oxygen atoms in total. The molecular formula is C28H33ClN4O3. The van der Waals surface area contributed by atoms with Crippen LogP contribution in [0.25, 0.3) is 0 Å². The van der Waals surface area contributed by atoms with Crippen molar-refractivity contribution in [2.24, 2.45) is 5.92 Å². The second-order valence-electron chi connectivity index (χ2n) is 10.3. The molecule has 190 valence electrons. The molecule has 0 unspecified atom stereocenters. The first-order chi connectivity index (χ1) is 17.4. The number of halogens is 1. The molecule has 3 saturated heterocycles. The molecule has 0 aliphatic carbocycles. The fourth-order valence-corrected chi connectivity index (χ4v) is 5.92. The highest BCUT2D eigenvalue weighted by molar-refractivity contribution is 6.31. The summed E-state index contributed by atoms with van der Waals surface area (Å²) in [6.07, 6.45) is 3.05. The Morgan fingerprint density at radius 3 is 2.31 bits per heavy atom. The summed E-state index contributed by atoms with van der Waals surface area (Å²) < 4.78 is 0. The molecule has 2 aromatic rings. The topological polar surface area (TPSA) is 64.2 Å². The number of hydrogen-bond acceptors (Lipinski definition) is 4. The third kappa shape index (κ3) is 4.69. The van der Waals surface area contributed by atoms with Crippen molar-refractivity contribution in [2.75, 3.05) is 44.3 Å². The van der Waals surface area contributed by atoms with Crippen LogP contribution in [0.3, 0.4) is 0 Å². The third-order valence-electron chi connectivity index (χ3n) is 7.99. The molecule has 3 heterocycles. The number of benzene rings is 2. The molecule has 1 spiro atoms. The van der Waals surface area contributed by atoms with Crippen LogP contribution in [0.15, 0.2) is 54.6 Å². The van der Waals surface area contributed by atoms with Crippen LogP contribution in [0.4, 0.5) is 5.69 Å². The maximum Gasteiger partial charge on any atom is 0.253 e. The second-order valence-corrected chi connectivity index (χ2v) is 10.7. The Labute approximate surface area is 217 Å². The molecule has 5 rings (SSSR count). The average molecular weight is 509 g/mol. The summed E-state index contributed by atoms with van der Waals surface area (Å²) in [6.45, 7) is 5.14. The highest BCUT2D eigenvalue weighted by atomic mass is 35.5. The first kappa shape index (κ1) is 24.6. The van der Waals surface area contributed by atoms with E-state index in [1.54, 1.807) is 34.1 Å². The van der Waals surface area contributed by atoms with Gasteiger partial charge in [0.2, 0.25) is 5.91 Å². The minimum absolute atomic E-state index is 0.0139.